The van der Waals surface area contributed by atoms with Crippen molar-refractivity contribution in [3.63, 3.8) is 0 Å². The van der Waals surface area contributed by atoms with Crippen LogP contribution in [0.15, 0.2) is 12.2 Å². The van der Waals surface area contributed by atoms with E-state index in [9.17, 15) is 8.78 Å². The molecule has 2 atom stereocenters. The number of allylic oxidation sites excluding steroid dienone is 1. The van der Waals surface area contributed by atoms with Gasteiger partial charge in [0.05, 0.1) is 0 Å². The van der Waals surface area contributed by atoms with E-state index in [1.165, 1.54) is 0 Å². The minimum absolute atomic E-state index is 0.00926. The first-order chi connectivity index (χ1) is 4.46. The van der Waals surface area contributed by atoms with E-state index in [1.54, 1.807) is 13.8 Å². The van der Waals surface area contributed by atoms with Crippen LogP contribution in [0.3, 0.4) is 0 Å². The summed E-state index contributed by atoms with van der Waals surface area (Å²) in [5, 5.41) is 0. The van der Waals surface area contributed by atoms with Crippen LogP contribution < -0.4 is 0 Å². The molecule has 0 nitrogen and oxygen atoms in total. The van der Waals surface area contributed by atoms with E-state index in [0.717, 1.165) is 0 Å². The van der Waals surface area contributed by atoms with Gasteiger partial charge in [-0.3, -0.25) is 0 Å². The molecule has 1 fully saturated rings. The first-order valence-electron chi connectivity index (χ1n) is 3.53. The second kappa shape index (κ2) is 2.04. The quantitative estimate of drug-likeness (QED) is 0.461. The minimum Gasteiger partial charge on any atom is -0.201 e. The summed E-state index contributed by atoms with van der Waals surface area (Å²) in [6.45, 7) is 6.77. The van der Waals surface area contributed by atoms with Crippen molar-refractivity contribution in [1.29, 1.82) is 0 Å². The number of hydrogen-bond donors (Lipinski definition) is 0. The largest absolute Gasteiger partial charge is 0.271 e. The van der Waals surface area contributed by atoms with Gasteiger partial charge in [0.1, 0.15) is 0 Å². The zero-order valence-electron chi connectivity index (χ0n) is 6.32. The second-order valence-corrected chi connectivity index (χ2v) is 3.19. The fourth-order valence-corrected chi connectivity index (χ4v) is 1.47. The summed E-state index contributed by atoms with van der Waals surface area (Å²) in [6.07, 6.45) is 0.575. The van der Waals surface area contributed by atoms with Crippen LogP contribution in [0.25, 0.3) is 0 Å². The van der Waals surface area contributed by atoms with Gasteiger partial charge in [-0.25, -0.2) is 8.78 Å². The molecule has 0 saturated heterocycles. The molecule has 1 aliphatic rings. The molecule has 0 radical (unpaired) electrons. The monoisotopic (exact) mass is 146 g/mol. The molecular weight excluding hydrogens is 134 g/mol. The highest BCUT2D eigenvalue weighted by Crippen LogP contribution is 2.46. The Kier molecular flexibility index (Phi) is 1.57. The Balaban J connectivity index is 2.85. The summed E-state index contributed by atoms with van der Waals surface area (Å²) in [5.41, 5.74) is 0.111. The van der Waals surface area contributed by atoms with Gasteiger partial charge in [-0.05, 0) is 17.9 Å². The molecule has 58 valence electrons. The molecule has 0 spiro atoms. The van der Waals surface area contributed by atoms with E-state index in [-0.39, 0.29) is 11.5 Å². The lowest BCUT2D eigenvalue weighted by Crippen LogP contribution is -2.20. The van der Waals surface area contributed by atoms with Crippen LogP contribution in [0.4, 0.5) is 8.78 Å². The van der Waals surface area contributed by atoms with Crippen molar-refractivity contribution in [2.75, 3.05) is 0 Å². The molecule has 0 aromatic heterocycles. The van der Waals surface area contributed by atoms with Crippen LogP contribution in [-0.4, -0.2) is 5.92 Å². The van der Waals surface area contributed by atoms with Crippen molar-refractivity contribution in [1.82, 2.24) is 0 Å². The Bertz CT molecular complexity index is 161. The van der Waals surface area contributed by atoms with Crippen LogP contribution >= 0.6 is 0 Å². The molecule has 2 unspecified atom stereocenters. The summed E-state index contributed by atoms with van der Waals surface area (Å²) in [6, 6.07) is 0. The Morgan fingerprint density at radius 2 is 2.00 bits per heavy atom. The molecule has 0 bridgehead atoms. The average molecular weight is 146 g/mol. The molecule has 0 heterocycles. The highest BCUT2D eigenvalue weighted by Gasteiger charge is 2.47. The van der Waals surface area contributed by atoms with Gasteiger partial charge in [-0.15, -0.1) is 0 Å². The number of hydrogen-bond acceptors (Lipinski definition) is 0. The Morgan fingerprint density at radius 1 is 1.50 bits per heavy atom. The molecule has 0 aliphatic heterocycles. The van der Waals surface area contributed by atoms with Crippen molar-refractivity contribution < 1.29 is 8.78 Å². The predicted octanol–water partition coefficient (Wildman–Crippen LogP) is 2.85. The molecule has 1 saturated carbocycles. The number of halogens is 2. The van der Waals surface area contributed by atoms with E-state index in [1.807, 2.05) is 0 Å². The Morgan fingerprint density at radius 3 is 2.10 bits per heavy atom. The smallest absolute Gasteiger partial charge is 0.201 e. The topological polar surface area (TPSA) is 0 Å². The fraction of sp³-hybridized carbons (Fsp3) is 0.750. The fourth-order valence-electron chi connectivity index (χ4n) is 1.47. The maximum absolute atomic E-state index is 12.9. The van der Waals surface area contributed by atoms with Crippen molar-refractivity contribution in [3.05, 3.63) is 12.2 Å². The van der Waals surface area contributed by atoms with Crippen molar-refractivity contribution in [3.8, 4) is 0 Å². The molecule has 0 N–H and O–H groups in total. The molecule has 1 rings (SSSR count). The van der Waals surface area contributed by atoms with Gasteiger partial charge in [0, 0.05) is 5.92 Å². The summed E-state index contributed by atoms with van der Waals surface area (Å²) in [5.74, 6) is -3.14. The van der Waals surface area contributed by atoms with E-state index >= 15 is 0 Å². The maximum atomic E-state index is 12.9. The van der Waals surface area contributed by atoms with Crippen LogP contribution in [0.5, 0.6) is 0 Å². The molecule has 10 heavy (non-hydrogen) atoms. The highest BCUT2D eigenvalue weighted by atomic mass is 19.3. The van der Waals surface area contributed by atoms with Crippen LogP contribution in [0, 0.1) is 11.8 Å². The molecule has 0 aromatic carbocycles. The van der Waals surface area contributed by atoms with Gasteiger partial charge in [-0.2, -0.15) is 0 Å². The molecular formula is C8H12F2. The van der Waals surface area contributed by atoms with Gasteiger partial charge in [-0.1, -0.05) is 20.4 Å². The summed E-state index contributed by atoms with van der Waals surface area (Å²) in [4.78, 5) is 0. The minimum atomic E-state index is -2.61. The van der Waals surface area contributed by atoms with Crippen LogP contribution in [0.1, 0.15) is 20.3 Å². The zero-order valence-corrected chi connectivity index (χ0v) is 6.32. The summed E-state index contributed by atoms with van der Waals surface area (Å²) < 4.78 is 25.8. The van der Waals surface area contributed by atoms with Crippen LogP contribution in [0.2, 0.25) is 0 Å². The lowest BCUT2D eigenvalue weighted by molar-refractivity contribution is 0.00600. The SMILES string of the molecule is C=C1C(C)CC(C)C1(F)F. The van der Waals surface area contributed by atoms with Gasteiger partial charge in [0.2, 0.25) is 0 Å². The van der Waals surface area contributed by atoms with E-state index in [4.69, 9.17) is 0 Å². The third kappa shape index (κ3) is 0.862. The first kappa shape index (κ1) is 7.70. The number of alkyl halides is 2. The molecule has 0 amide bonds. The lowest BCUT2D eigenvalue weighted by Gasteiger charge is -2.14. The van der Waals surface area contributed by atoms with Gasteiger partial charge < -0.3 is 0 Å². The lowest BCUT2D eigenvalue weighted by atomic mass is 10.1. The first-order valence-corrected chi connectivity index (χ1v) is 3.53. The Labute approximate surface area is 59.9 Å². The van der Waals surface area contributed by atoms with Gasteiger partial charge in [0.25, 0.3) is 5.92 Å². The predicted molar refractivity (Wildman–Crippen MR) is 37.0 cm³/mol. The normalized spacial score (nSPS) is 38.6. The van der Waals surface area contributed by atoms with Crippen molar-refractivity contribution in [2.24, 2.45) is 11.8 Å². The van der Waals surface area contributed by atoms with Gasteiger partial charge in [0.15, 0.2) is 0 Å². The second-order valence-electron chi connectivity index (χ2n) is 3.19. The van der Waals surface area contributed by atoms with Crippen molar-refractivity contribution >= 4 is 0 Å². The molecule has 1 aliphatic carbocycles. The summed E-state index contributed by atoms with van der Waals surface area (Å²) >= 11 is 0. The third-order valence-electron chi connectivity index (χ3n) is 2.35. The maximum Gasteiger partial charge on any atom is 0.271 e. The standard InChI is InChI=1S/C8H12F2/c1-5-4-6(2)8(9,10)7(5)3/h5-6H,3-4H2,1-2H3. The van der Waals surface area contributed by atoms with Gasteiger partial charge >= 0.3 is 0 Å². The highest BCUT2D eigenvalue weighted by molar-refractivity contribution is 5.18. The molecule has 2 heteroatoms. The number of rotatable bonds is 0. The average Bonchev–Trinajstić information content (AvgIpc) is 1.97. The molecule has 0 aromatic rings. The summed E-state index contributed by atoms with van der Waals surface area (Å²) in [7, 11) is 0. The van der Waals surface area contributed by atoms with E-state index in [0.29, 0.717) is 6.42 Å². The van der Waals surface area contributed by atoms with E-state index in [2.05, 4.69) is 6.58 Å². The van der Waals surface area contributed by atoms with Crippen molar-refractivity contribution in [2.45, 2.75) is 26.2 Å². The van der Waals surface area contributed by atoms with E-state index < -0.39 is 11.8 Å². The third-order valence-corrected chi connectivity index (χ3v) is 2.35. The zero-order chi connectivity index (χ0) is 7.94. The van der Waals surface area contributed by atoms with Crippen LogP contribution in [-0.2, 0) is 0 Å². The Hall–Kier alpha value is -0.400.